The molecule has 0 atom stereocenters. The fourth-order valence-electron chi connectivity index (χ4n) is 2.28. The Morgan fingerprint density at radius 2 is 1.95 bits per heavy atom. The minimum absolute atomic E-state index is 0.495. The Labute approximate surface area is 127 Å². The highest BCUT2D eigenvalue weighted by molar-refractivity contribution is 5.69. The summed E-state index contributed by atoms with van der Waals surface area (Å²) in [4.78, 5) is 0. The van der Waals surface area contributed by atoms with Crippen LogP contribution in [-0.4, -0.2) is 40.6 Å². The first-order chi connectivity index (χ1) is 10.8. The maximum absolute atomic E-state index is 5.60. The second-order valence-corrected chi connectivity index (χ2v) is 4.71. The van der Waals surface area contributed by atoms with E-state index in [9.17, 15) is 0 Å². The van der Waals surface area contributed by atoms with Gasteiger partial charge in [0, 0.05) is 12.0 Å². The lowest BCUT2D eigenvalue weighted by atomic mass is 10.1. The summed E-state index contributed by atoms with van der Waals surface area (Å²) in [5.41, 5.74) is 7.88. The van der Waals surface area contributed by atoms with Crippen molar-refractivity contribution in [1.82, 2.24) is 19.8 Å². The molecule has 22 heavy (non-hydrogen) atoms. The summed E-state index contributed by atoms with van der Waals surface area (Å²) in [5.74, 6) is 2.20. The van der Waals surface area contributed by atoms with Crippen LogP contribution in [0.2, 0.25) is 0 Å². The summed E-state index contributed by atoms with van der Waals surface area (Å²) in [6.45, 7) is 0.495. The first-order valence-electron chi connectivity index (χ1n) is 6.90. The fourth-order valence-corrected chi connectivity index (χ4v) is 2.28. The van der Waals surface area contributed by atoms with Gasteiger partial charge in [-0.3, -0.25) is 0 Å². The molecule has 7 nitrogen and oxygen atoms in total. The first-order valence-corrected chi connectivity index (χ1v) is 6.90. The van der Waals surface area contributed by atoms with Crippen molar-refractivity contribution in [2.75, 3.05) is 20.8 Å². The monoisotopic (exact) mass is 299 g/mol. The standard InChI is InChI=1S/C15H17N5O2/c1-21-10-3-5-13(22-2)11(9-10)12-4-6-14-17-18-15(7-8-16)20(14)19-12/h3-6,9H,7-8,16H2,1-2H3. The lowest BCUT2D eigenvalue weighted by Crippen LogP contribution is -2.08. The van der Waals surface area contributed by atoms with Crippen LogP contribution in [0.15, 0.2) is 30.3 Å². The zero-order valence-electron chi connectivity index (χ0n) is 12.5. The van der Waals surface area contributed by atoms with Crippen LogP contribution >= 0.6 is 0 Å². The summed E-state index contributed by atoms with van der Waals surface area (Å²) in [5, 5.41) is 12.8. The van der Waals surface area contributed by atoms with E-state index in [1.165, 1.54) is 0 Å². The van der Waals surface area contributed by atoms with Gasteiger partial charge in [-0.15, -0.1) is 10.2 Å². The van der Waals surface area contributed by atoms with Crippen LogP contribution in [0.5, 0.6) is 11.5 Å². The molecule has 0 aliphatic rings. The van der Waals surface area contributed by atoms with Gasteiger partial charge in [-0.25, -0.2) is 0 Å². The number of aromatic nitrogens is 4. The lowest BCUT2D eigenvalue weighted by Gasteiger charge is -2.10. The van der Waals surface area contributed by atoms with Gasteiger partial charge in [-0.1, -0.05) is 0 Å². The summed E-state index contributed by atoms with van der Waals surface area (Å²) >= 11 is 0. The Morgan fingerprint density at radius 1 is 1.09 bits per heavy atom. The maximum Gasteiger partial charge on any atom is 0.177 e. The molecule has 0 spiro atoms. The Balaban J connectivity index is 2.15. The number of hydrogen-bond acceptors (Lipinski definition) is 6. The van der Waals surface area contributed by atoms with E-state index in [4.69, 9.17) is 15.2 Å². The number of ether oxygens (including phenoxy) is 2. The number of rotatable bonds is 5. The Bertz CT molecular complexity index is 800. The normalized spacial score (nSPS) is 10.9. The average Bonchev–Trinajstić information content (AvgIpc) is 2.97. The van der Waals surface area contributed by atoms with Gasteiger partial charge in [0.15, 0.2) is 11.5 Å². The van der Waals surface area contributed by atoms with Crippen molar-refractivity contribution >= 4 is 5.65 Å². The number of fused-ring (bicyclic) bond motifs is 1. The van der Waals surface area contributed by atoms with Crippen molar-refractivity contribution < 1.29 is 9.47 Å². The van der Waals surface area contributed by atoms with Crippen LogP contribution in [0.3, 0.4) is 0 Å². The van der Waals surface area contributed by atoms with Crippen LogP contribution < -0.4 is 15.2 Å². The van der Waals surface area contributed by atoms with E-state index >= 15 is 0 Å². The summed E-state index contributed by atoms with van der Waals surface area (Å²) in [6, 6.07) is 9.34. The molecule has 2 N–H and O–H groups in total. The Hall–Kier alpha value is -2.67. The lowest BCUT2D eigenvalue weighted by molar-refractivity contribution is 0.404. The van der Waals surface area contributed by atoms with E-state index < -0.39 is 0 Å². The van der Waals surface area contributed by atoms with Crippen LogP contribution in [0.4, 0.5) is 0 Å². The van der Waals surface area contributed by atoms with Gasteiger partial charge < -0.3 is 15.2 Å². The van der Waals surface area contributed by atoms with Crippen LogP contribution in [0.25, 0.3) is 16.9 Å². The van der Waals surface area contributed by atoms with E-state index in [1.54, 1.807) is 18.7 Å². The Morgan fingerprint density at radius 3 is 2.68 bits per heavy atom. The number of methoxy groups -OCH3 is 2. The van der Waals surface area contributed by atoms with E-state index in [0.717, 1.165) is 28.6 Å². The summed E-state index contributed by atoms with van der Waals surface area (Å²) in [6.07, 6.45) is 0.618. The van der Waals surface area contributed by atoms with Gasteiger partial charge in [0.05, 0.1) is 19.9 Å². The van der Waals surface area contributed by atoms with Gasteiger partial charge in [-0.2, -0.15) is 9.61 Å². The Kier molecular flexibility index (Phi) is 3.88. The molecule has 114 valence electrons. The minimum Gasteiger partial charge on any atom is -0.497 e. The third-order valence-electron chi connectivity index (χ3n) is 3.38. The third-order valence-corrected chi connectivity index (χ3v) is 3.38. The van der Waals surface area contributed by atoms with Crippen molar-refractivity contribution in [2.24, 2.45) is 5.73 Å². The number of benzene rings is 1. The quantitative estimate of drug-likeness (QED) is 0.764. The molecular formula is C15H17N5O2. The summed E-state index contributed by atoms with van der Waals surface area (Å²) < 4.78 is 12.4. The van der Waals surface area contributed by atoms with E-state index in [-0.39, 0.29) is 0 Å². The molecule has 0 fully saturated rings. The number of hydrogen-bond donors (Lipinski definition) is 1. The molecule has 1 aromatic carbocycles. The molecule has 0 radical (unpaired) electrons. The van der Waals surface area contributed by atoms with Crippen molar-refractivity contribution in [3.63, 3.8) is 0 Å². The van der Waals surface area contributed by atoms with Crippen molar-refractivity contribution in [2.45, 2.75) is 6.42 Å². The molecule has 0 saturated carbocycles. The first kappa shape index (κ1) is 14.3. The molecule has 2 aromatic heterocycles. The molecule has 0 saturated heterocycles. The number of nitrogens with zero attached hydrogens (tertiary/aromatic N) is 4. The highest BCUT2D eigenvalue weighted by Gasteiger charge is 2.12. The zero-order chi connectivity index (χ0) is 15.5. The van der Waals surface area contributed by atoms with Crippen LogP contribution in [-0.2, 0) is 6.42 Å². The summed E-state index contributed by atoms with van der Waals surface area (Å²) in [7, 11) is 3.25. The topological polar surface area (TPSA) is 87.6 Å². The average molecular weight is 299 g/mol. The van der Waals surface area contributed by atoms with Gasteiger partial charge >= 0.3 is 0 Å². The van der Waals surface area contributed by atoms with E-state index in [0.29, 0.717) is 18.6 Å². The van der Waals surface area contributed by atoms with E-state index in [2.05, 4.69) is 15.3 Å². The van der Waals surface area contributed by atoms with Gasteiger partial charge in [0.25, 0.3) is 0 Å². The molecule has 0 aliphatic heterocycles. The molecule has 0 aliphatic carbocycles. The van der Waals surface area contributed by atoms with Gasteiger partial charge in [-0.05, 0) is 36.9 Å². The number of nitrogens with two attached hydrogens (primary N) is 1. The van der Waals surface area contributed by atoms with Crippen LogP contribution in [0, 0.1) is 0 Å². The molecule has 0 unspecified atom stereocenters. The van der Waals surface area contributed by atoms with Gasteiger partial charge in [0.2, 0.25) is 0 Å². The van der Waals surface area contributed by atoms with Gasteiger partial charge in [0.1, 0.15) is 11.5 Å². The van der Waals surface area contributed by atoms with Crippen LogP contribution in [0.1, 0.15) is 5.82 Å². The second-order valence-electron chi connectivity index (χ2n) is 4.71. The molecule has 3 aromatic rings. The maximum atomic E-state index is 5.60. The largest absolute Gasteiger partial charge is 0.497 e. The molecular weight excluding hydrogens is 282 g/mol. The predicted octanol–water partition coefficient (Wildman–Crippen LogP) is 1.31. The highest BCUT2D eigenvalue weighted by Crippen LogP contribution is 2.32. The predicted molar refractivity (Wildman–Crippen MR) is 82.1 cm³/mol. The molecule has 0 amide bonds. The highest BCUT2D eigenvalue weighted by atomic mass is 16.5. The minimum atomic E-state index is 0.495. The third kappa shape index (κ3) is 2.46. The van der Waals surface area contributed by atoms with Crippen molar-refractivity contribution in [3.05, 3.63) is 36.2 Å². The van der Waals surface area contributed by atoms with Crippen molar-refractivity contribution in [1.29, 1.82) is 0 Å². The van der Waals surface area contributed by atoms with E-state index in [1.807, 2.05) is 30.3 Å². The molecule has 7 heteroatoms. The fraction of sp³-hybridized carbons (Fsp3) is 0.267. The molecule has 0 bridgehead atoms. The second kappa shape index (κ2) is 5.98. The molecule has 3 rings (SSSR count). The zero-order valence-corrected chi connectivity index (χ0v) is 12.5. The van der Waals surface area contributed by atoms with Crippen molar-refractivity contribution in [3.8, 4) is 22.8 Å². The smallest absolute Gasteiger partial charge is 0.177 e. The molecule has 2 heterocycles. The SMILES string of the molecule is COc1ccc(OC)c(-c2ccc3nnc(CCN)n3n2)c1.